The van der Waals surface area contributed by atoms with E-state index >= 15 is 0 Å². The molecule has 154 valence electrons. The lowest BCUT2D eigenvalue weighted by Gasteiger charge is -2.35. The number of pyridine rings is 1. The van der Waals surface area contributed by atoms with Gasteiger partial charge in [0.2, 0.25) is 5.13 Å². The average Bonchev–Trinajstić information content (AvgIpc) is 3.26. The number of nitrogens with zero attached hydrogens (tertiary/aromatic N) is 5. The predicted octanol–water partition coefficient (Wildman–Crippen LogP) is 2.43. The van der Waals surface area contributed by atoms with Crippen LogP contribution in [0.25, 0.3) is 0 Å². The number of carbonyl (C=O) groups excluding carboxylic acids is 2. The van der Waals surface area contributed by atoms with Crippen molar-refractivity contribution >= 4 is 34.1 Å². The van der Waals surface area contributed by atoms with E-state index < -0.39 is 17.5 Å². The molecule has 3 heterocycles. The Balaban J connectivity index is 1.35. The zero-order valence-electron chi connectivity index (χ0n) is 15.6. The van der Waals surface area contributed by atoms with E-state index in [-0.39, 0.29) is 11.5 Å². The van der Waals surface area contributed by atoms with E-state index in [4.69, 9.17) is 0 Å². The van der Waals surface area contributed by atoms with Gasteiger partial charge < -0.3 is 9.80 Å². The monoisotopic (exact) mass is 430 g/mol. The fourth-order valence-corrected chi connectivity index (χ4v) is 3.52. The minimum atomic E-state index is -0.869. The molecule has 0 bridgehead atoms. The molecule has 30 heavy (non-hydrogen) atoms. The molecular formula is C19H16F2N6O2S. The van der Waals surface area contributed by atoms with Crippen LogP contribution >= 0.6 is 11.3 Å². The van der Waals surface area contributed by atoms with Crippen molar-refractivity contribution in [1.29, 1.82) is 0 Å². The third-order valence-corrected chi connectivity index (χ3v) is 5.25. The molecule has 11 heteroatoms. The number of aromatic nitrogens is 3. The fraction of sp³-hybridized carbons (Fsp3) is 0.211. The highest BCUT2D eigenvalue weighted by Gasteiger charge is 2.25. The lowest BCUT2D eigenvalue weighted by atomic mass is 10.1. The Morgan fingerprint density at radius 1 is 1.07 bits per heavy atom. The van der Waals surface area contributed by atoms with Crippen molar-refractivity contribution in [2.45, 2.75) is 0 Å². The maximum Gasteiger partial charge on any atom is 0.259 e. The van der Waals surface area contributed by atoms with Gasteiger partial charge in [0.1, 0.15) is 23.0 Å². The fourth-order valence-electron chi connectivity index (χ4n) is 3.08. The smallest absolute Gasteiger partial charge is 0.259 e. The molecule has 4 rings (SSSR count). The predicted molar refractivity (Wildman–Crippen MR) is 107 cm³/mol. The van der Waals surface area contributed by atoms with Crippen LogP contribution in [0, 0.1) is 11.6 Å². The van der Waals surface area contributed by atoms with Gasteiger partial charge in [-0.15, -0.1) is 10.2 Å². The van der Waals surface area contributed by atoms with Crippen molar-refractivity contribution in [3.8, 4) is 0 Å². The number of anilines is 2. The number of carbonyl (C=O) groups is 2. The zero-order chi connectivity index (χ0) is 21.1. The SMILES string of the molecule is O=C(Nc1nncs1)c1ccc(N2CCN(C(=O)c3ccc(F)cc3F)CC2)nc1. The Bertz CT molecular complexity index is 1050. The van der Waals surface area contributed by atoms with Crippen molar-refractivity contribution in [2.24, 2.45) is 0 Å². The Morgan fingerprint density at radius 2 is 1.87 bits per heavy atom. The van der Waals surface area contributed by atoms with Gasteiger partial charge in [-0.1, -0.05) is 11.3 Å². The zero-order valence-corrected chi connectivity index (χ0v) is 16.4. The molecule has 1 N–H and O–H groups in total. The third kappa shape index (κ3) is 4.25. The van der Waals surface area contributed by atoms with Crippen LogP contribution in [0.4, 0.5) is 19.7 Å². The van der Waals surface area contributed by atoms with Gasteiger partial charge in [0.15, 0.2) is 0 Å². The summed E-state index contributed by atoms with van der Waals surface area (Å²) < 4.78 is 26.9. The molecule has 0 spiro atoms. The summed E-state index contributed by atoms with van der Waals surface area (Å²) in [5.74, 6) is -1.72. The van der Waals surface area contributed by atoms with Crippen molar-refractivity contribution in [3.63, 3.8) is 0 Å². The number of nitrogens with one attached hydrogen (secondary N) is 1. The second-order valence-electron chi connectivity index (χ2n) is 6.51. The van der Waals surface area contributed by atoms with Gasteiger partial charge in [0.25, 0.3) is 11.8 Å². The van der Waals surface area contributed by atoms with Gasteiger partial charge >= 0.3 is 0 Å². The van der Waals surface area contributed by atoms with Crippen LogP contribution in [0.15, 0.2) is 42.0 Å². The molecule has 2 amide bonds. The topological polar surface area (TPSA) is 91.3 Å². The van der Waals surface area contributed by atoms with Crippen molar-refractivity contribution in [2.75, 3.05) is 36.4 Å². The molecule has 0 radical (unpaired) electrons. The molecule has 1 aromatic carbocycles. The number of benzene rings is 1. The molecule has 1 fully saturated rings. The molecule has 0 unspecified atom stereocenters. The van der Waals surface area contributed by atoms with Gasteiger partial charge in [-0.05, 0) is 24.3 Å². The Hall–Kier alpha value is -3.47. The Morgan fingerprint density at radius 3 is 2.50 bits per heavy atom. The average molecular weight is 430 g/mol. The molecule has 3 aromatic rings. The number of halogens is 2. The maximum absolute atomic E-state index is 13.9. The molecule has 1 aliphatic heterocycles. The van der Waals surface area contributed by atoms with E-state index in [0.29, 0.717) is 48.8 Å². The highest BCUT2D eigenvalue weighted by molar-refractivity contribution is 7.13. The van der Waals surface area contributed by atoms with Gasteiger partial charge in [-0.3, -0.25) is 14.9 Å². The summed E-state index contributed by atoms with van der Waals surface area (Å²) in [6.07, 6.45) is 1.47. The summed E-state index contributed by atoms with van der Waals surface area (Å²) in [5.41, 5.74) is 1.76. The highest BCUT2D eigenvalue weighted by atomic mass is 32.1. The number of hydrogen-bond acceptors (Lipinski definition) is 7. The van der Waals surface area contributed by atoms with Crippen molar-refractivity contribution < 1.29 is 18.4 Å². The van der Waals surface area contributed by atoms with Crippen molar-refractivity contribution in [3.05, 3.63) is 64.8 Å². The highest BCUT2D eigenvalue weighted by Crippen LogP contribution is 2.18. The van der Waals surface area contributed by atoms with E-state index in [1.54, 1.807) is 12.1 Å². The summed E-state index contributed by atoms with van der Waals surface area (Å²) in [7, 11) is 0. The summed E-state index contributed by atoms with van der Waals surface area (Å²) in [5, 5.41) is 10.5. The summed E-state index contributed by atoms with van der Waals surface area (Å²) in [6.45, 7) is 1.74. The first-order valence-corrected chi connectivity index (χ1v) is 9.92. The van der Waals surface area contributed by atoms with Gasteiger partial charge in [-0.2, -0.15) is 0 Å². The van der Waals surface area contributed by atoms with E-state index in [1.165, 1.54) is 27.9 Å². The van der Waals surface area contributed by atoms with Gasteiger partial charge in [-0.25, -0.2) is 13.8 Å². The number of rotatable bonds is 4. The molecular weight excluding hydrogens is 414 g/mol. The second kappa shape index (κ2) is 8.49. The van der Waals surface area contributed by atoms with E-state index in [2.05, 4.69) is 20.5 Å². The molecule has 1 saturated heterocycles. The van der Waals surface area contributed by atoms with E-state index in [9.17, 15) is 18.4 Å². The normalized spacial score (nSPS) is 13.9. The van der Waals surface area contributed by atoms with Gasteiger partial charge in [0.05, 0.1) is 11.1 Å². The minimum absolute atomic E-state index is 0.145. The van der Waals surface area contributed by atoms with Crippen LogP contribution in [-0.2, 0) is 0 Å². The third-order valence-electron chi connectivity index (χ3n) is 4.64. The number of hydrogen-bond donors (Lipinski definition) is 1. The van der Waals surface area contributed by atoms with Crippen LogP contribution in [0.2, 0.25) is 0 Å². The molecule has 0 aliphatic carbocycles. The first kappa shape index (κ1) is 19.8. The van der Waals surface area contributed by atoms with Crippen molar-refractivity contribution in [1.82, 2.24) is 20.1 Å². The molecule has 8 nitrogen and oxygen atoms in total. The lowest BCUT2D eigenvalue weighted by Crippen LogP contribution is -2.49. The first-order chi connectivity index (χ1) is 14.5. The summed E-state index contributed by atoms with van der Waals surface area (Å²) in [4.78, 5) is 32.5. The van der Waals surface area contributed by atoms with E-state index in [0.717, 1.165) is 12.1 Å². The lowest BCUT2D eigenvalue weighted by molar-refractivity contribution is 0.0741. The minimum Gasteiger partial charge on any atom is -0.353 e. The van der Waals surface area contributed by atoms with Crippen LogP contribution < -0.4 is 10.2 Å². The van der Waals surface area contributed by atoms with Crippen LogP contribution in [0.3, 0.4) is 0 Å². The second-order valence-corrected chi connectivity index (χ2v) is 7.34. The first-order valence-electron chi connectivity index (χ1n) is 9.04. The van der Waals surface area contributed by atoms with Crippen LogP contribution in [0.5, 0.6) is 0 Å². The van der Waals surface area contributed by atoms with Crippen LogP contribution in [0.1, 0.15) is 20.7 Å². The quantitative estimate of drug-likeness (QED) is 0.684. The van der Waals surface area contributed by atoms with Crippen LogP contribution in [-0.4, -0.2) is 58.1 Å². The Kier molecular flexibility index (Phi) is 5.61. The standard InChI is InChI=1S/C19H16F2N6O2S/c20-13-2-3-14(15(21)9-13)18(29)27-7-5-26(6-8-27)16-4-1-12(10-22-16)17(28)24-19-25-23-11-30-19/h1-4,9-11H,5-8H2,(H,24,25,28). The maximum atomic E-state index is 13.9. The molecule has 0 saturated carbocycles. The number of amides is 2. The Labute approximate surface area is 174 Å². The molecule has 2 aromatic heterocycles. The largest absolute Gasteiger partial charge is 0.353 e. The summed E-state index contributed by atoms with van der Waals surface area (Å²) >= 11 is 1.22. The molecule has 1 aliphatic rings. The van der Waals surface area contributed by atoms with E-state index in [1.807, 2.05) is 4.90 Å². The molecule has 0 atom stereocenters. The van der Waals surface area contributed by atoms with Gasteiger partial charge in [0, 0.05) is 38.4 Å². The number of piperazine rings is 1. The summed E-state index contributed by atoms with van der Waals surface area (Å²) in [6, 6.07) is 6.32.